The first-order valence-corrected chi connectivity index (χ1v) is 12.3. The summed E-state index contributed by atoms with van der Waals surface area (Å²) in [6.45, 7) is 6.44. The van der Waals surface area contributed by atoms with Crippen LogP contribution in [0.1, 0.15) is 47.2 Å². The minimum atomic E-state index is -0.0836. The SMILES string of the molecule is CCc1ccc(N2C(=S)N[C@H](c3ccccn3)[C@@H]2c2cc(C)n(-c3ccccc3Cl)c2C)cc1. The Morgan fingerprint density at radius 2 is 1.74 bits per heavy atom. The first-order valence-electron chi connectivity index (χ1n) is 11.5. The maximum Gasteiger partial charge on any atom is 0.174 e. The van der Waals surface area contributed by atoms with Crippen molar-refractivity contribution in [3.63, 3.8) is 0 Å². The Balaban J connectivity index is 1.68. The van der Waals surface area contributed by atoms with Crippen LogP contribution < -0.4 is 10.2 Å². The van der Waals surface area contributed by atoms with E-state index >= 15 is 0 Å². The average Bonchev–Trinajstić information content (AvgIpc) is 3.35. The summed E-state index contributed by atoms with van der Waals surface area (Å²) in [5, 5.41) is 4.99. The molecule has 5 rings (SSSR count). The summed E-state index contributed by atoms with van der Waals surface area (Å²) < 4.78 is 2.23. The van der Waals surface area contributed by atoms with Crippen LogP contribution >= 0.6 is 23.8 Å². The van der Waals surface area contributed by atoms with E-state index in [-0.39, 0.29) is 12.1 Å². The maximum absolute atomic E-state index is 6.60. The number of para-hydroxylation sites is 1. The van der Waals surface area contributed by atoms with Gasteiger partial charge in [-0.2, -0.15) is 0 Å². The van der Waals surface area contributed by atoms with E-state index in [9.17, 15) is 0 Å². The summed E-state index contributed by atoms with van der Waals surface area (Å²) in [6.07, 6.45) is 2.84. The first-order chi connectivity index (χ1) is 16.5. The van der Waals surface area contributed by atoms with Crippen molar-refractivity contribution in [3.8, 4) is 5.69 Å². The van der Waals surface area contributed by atoms with Crippen LogP contribution in [0.5, 0.6) is 0 Å². The number of nitrogens with zero attached hydrogens (tertiary/aromatic N) is 3. The number of rotatable bonds is 5. The van der Waals surface area contributed by atoms with Crippen LogP contribution in [0, 0.1) is 13.8 Å². The lowest BCUT2D eigenvalue weighted by Crippen LogP contribution is -2.29. The fraction of sp³-hybridized carbons (Fsp3) is 0.214. The number of anilines is 1. The van der Waals surface area contributed by atoms with Gasteiger partial charge < -0.3 is 14.8 Å². The van der Waals surface area contributed by atoms with Crippen molar-refractivity contribution in [2.45, 2.75) is 39.3 Å². The number of nitrogens with one attached hydrogen (secondary N) is 1. The molecule has 4 aromatic rings. The molecule has 6 heteroatoms. The number of aromatic nitrogens is 2. The lowest BCUT2D eigenvalue weighted by Gasteiger charge is -2.28. The van der Waals surface area contributed by atoms with Gasteiger partial charge in [-0.25, -0.2) is 0 Å². The van der Waals surface area contributed by atoms with Crippen molar-refractivity contribution in [1.82, 2.24) is 14.9 Å². The van der Waals surface area contributed by atoms with E-state index in [1.54, 1.807) is 0 Å². The molecule has 0 unspecified atom stereocenters. The second kappa shape index (κ2) is 9.24. The van der Waals surface area contributed by atoms with Gasteiger partial charge in [0.25, 0.3) is 0 Å². The Morgan fingerprint density at radius 3 is 2.41 bits per heavy atom. The Labute approximate surface area is 211 Å². The third-order valence-corrected chi connectivity index (χ3v) is 7.24. The highest BCUT2D eigenvalue weighted by molar-refractivity contribution is 7.80. The van der Waals surface area contributed by atoms with Gasteiger partial charge in [-0.1, -0.05) is 48.9 Å². The number of thiocarbonyl (C=S) groups is 1. The van der Waals surface area contributed by atoms with Gasteiger partial charge in [-0.05, 0) is 86.1 Å². The number of benzene rings is 2. The zero-order chi connectivity index (χ0) is 23.8. The molecule has 1 saturated heterocycles. The molecule has 0 spiro atoms. The average molecular weight is 487 g/mol. The molecule has 34 heavy (non-hydrogen) atoms. The summed E-state index contributed by atoms with van der Waals surface area (Å²) in [5.41, 5.74) is 7.77. The lowest BCUT2D eigenvalue weighted by molar-refractivity contribution is 0.565. The molecule has 0 amide bonds. The van der Waals surface area contributed by atoms with Crippen LogP contribution in [0.15, 0.2) is 79.0 Å². The van der Waals surface area contributed by atoms with Gasteiger partial charge in [0, 0.05) is 23.3 Å². The van der Waals surface area contributed by atoms with Crippen LogP contribution in [0.25, 0.3) is 5.69 Å². The first kappa shape index (κ1) is 22.6. The molecule has 1 aliphatic rings. The van der Waals surface area contributed by atoms with E-state index in [0.717, 1.165) is 39.9 Å². The summed E-state index contributed by atoms with van der Waals surface area (Å²) in [5.74, 6) is 0. The summed E-state index contributed by atoms with van der Waals surface area (Å²) in [6, 6.07) is 24.8. The smallest absolute Gasteiger partial charge is 0.174 e. The minimum absolute atomic E-state index is 0.0580. The highest BCUT2D eigenvalue weighted by atomic mass is 35.5. The standard InChI is InChI=1S/C28H27ClN4S/c1-4-20-12-14-21(15-13-20)33-27(26(31-28(33)34)24-10-7-8-16-30-24)22-17-18(2)32(19(22)3)25-11-6-5-9-23(25)29/h5-17,26-27H,4H2,1-3H3,(H,31,34)/t26-,27+/m1/s1. The highest BCUT2D eigenvalue weighted by Gasteiger charge is 2.42. The summed E-state index contributed by atoms with van der Waals surface area (Å²) >= 11 is 12.5. The topological polar surface area (TPSA) is 33.1 Å². The molecular weight excluding hydrogens is 460 g/mol. The number of aryl methyl sites for hydroxylation is 2. The van der Waals surface area contributed by atoms with Crippen LogP contribution in [0.3, 0.4) is 0 Å². The number of hydrogen-bond donors (Lipinski definition) is 1. The van der Waals surface area contributed by atoms with Crippen LogP contribution in [0.4, 0.5) is 5.69 Å². The molecule has 1 fully saturated rings. The molecule has 0 bridgehead atoms. The molecule has 3 heterocycles. The van der Waals surface area contributed by atoms with Gasteiger partial charge in [0.1, 0.15) is 0 Å². The Morgan fingerprint density at radius 1 is 1.00 bits per heavy atom. The quantitative estimate of drug-likeness (QED) is 0.311. The van der Waals surface area contributed by atoms with Gasteiger partial charge in [0.15, 0.2) is 5.11 Å². The van der Waals surface area contributed by atoms with E-state index in [4.69, 9.17) is 23.8 Å². The maximum atomic E-state index is 6.60. The fourth-order valence-corrected chi connectivity index (χ4v) is 5.50. The monoisotopic (exact) mass is 486 g/mol. The molecule has 0 aliphatic carbocycles. The van der Waals surface area contributed by atoms with Gasteiger partial charge in [0.05, 0.1) is 28.5 Å². The van der Waals surface area contributed by atoms with E-state index in [2.05, 4.69) is 83.0 Å². The Kier molecular flexibility index (Phi) is 6.15. The zero-order valence-corrected chi connectivity index (χ0v) is 21.1. The van der Waals surface area contributed by atoms with Crippen molar-refractivity contribution in [2.75, 3.05) is 4.90 Å². The molecule has 2 aromatic carbocycles. The molecule has 2 atom stereocenters. The van der Waals surface area contributed by atoms with E-state index < -0.39 is 0 Å². The molecule has 0 radical (unpaired) electrons. The van der Waals surface area contributed by atoms with Crippen LogP contribution in [0.2, 0.25) is 5.02 Å². The van der Waals surface area contributed by atoms with Crippen LogP contribution in [-0.2, 0) is 6.42 Å². The van der Waals surface area contributed by atoms with Gasteiger partial charge in [0.2, 0.25) is 0 Å². The van der Waals surface area contributed by atoms with Crippen molar-refractivity contribution in [2.24, 2.45) is 0 Å². The normalized spacial score (nSPS) is 17.8. The molecule has 1 N–H and O–H groups in total. The van der Waals surface area contributed by atoms with Gasteiger partial charge in [-0.3, -0.25) is 4.98 Å². The largest absolute Gasteiger partial charge is 0.351 e. The Hall–Kier alpha value is -3.15. The third-order valence-electron chi connectivity index (χ3n) is 6.60. The predicted molar refractivity (Wildman–Crippen MR) is 144 cm³/mol. The molecule has 0 saturated carbocycles. The van der Waals surface area contributed by atoms with Crippen molar-refractivity contribution in [3.05, 3.63) is 112 Å². The summed E-state index contributed by atoms with van der Waals surface area (Å²) in [7, 11) is 0. The molecule has 172 valence electrons. The molecule has 1 aliphatic heterocycles. The third kappa shape index (κ3) is 3.89. The number of pyridine rings is 1. The second-order valence-electron chi connectivity index (χ2n) is 8.63. The minimum Gasteiger partial charge on any atom is -0.351 e. The van der Waals surface area contributed by atoms with Gasteiger partial charge in [-0.15, -0.1) is 0 Å². The molecule has 2 aromatic heterocycles. The lowest BCUT2D eigenvalue weighted by atomic mass is 9.96. The van der Waals surface area contributed by atoms with Crippen molar-refractivity contribution >= 4 is 34.6 Å². The fourth-order valence-electron chi connectivity index (χ4n) is 4.93. The van der Waals surface area contributed by atoms with Crippen molar-refractivity contribution in [1.29, 1.82) is 0 Å². The van der Waals surface area contributed by atoms with Crippen LogP contribution in [-0.4, -0.2) is 14.7 Å². The molecular formula is C28H27ClN4S. The summed E-state index contributed by atoms with van der Waals surface area (Å²) in [4.78, 5) is 6.91. The molecule has 4 nitrogen and oxygen atoms in total. The number of hydrogen-bond acceptors (Lipinski definition) is 2. The van der Waals surface area contributed by atoms with E-state index in [1.807, 2.05) is 36.5 Å². The number of halogens is 1. The highest BCUT2D eigenvalue weighted by Crippen LogP contribution is 2.44. The van der Waals surface area contributed by atoms with Gasteiger partial charge >= 0.3 is 0 Å². The Bertz CT molecular complexity index is 1330. The van der Waals surface area contributed by atoms with Crippen molar-refractivity contribution < 1.29 is 0 Å². The predicted octanol–water partition coefficient (Wildman–Crippen LogP) is 6.88. The van der Waals surface area contributed by atoms with E-state index in [1.165, 1.54) is 11.1 Å². The second-order valence-corrected chi connectivity index (χ2v) is 9.42. The van der Waals surface area contributed by atoms with E-state index in [0.29, 0.717) is 5.11 Å². The zero-order valence-electron chi connectivity index (χ0n) is 19.5.